The van der Waals surface area contributed by atoms with Crippen molar-refractivity contribution in [2.75, 3.05) is 0 Å². The molecule has 3 nitrogen and oxygen atoms in total. The summed E-state index contributed by atoms with van der Waals surface area (Å²) >= 11 is 0. The first-order chi connectivity index (χ1) is 11.8. The highest BCUT2D eigenvalue weighted by molar-refractivity contribution is 7.65. The van der Waals surface area contributed by atoms with Crippen LogP contribution in [0.25, 0.3) is 11.1 Å². The second-order valence-electron chi connectivity index (χ2n) is 8.42. The maximum atomic E-state index is 14.5. The highest BCUT2D eigenvalue weighted by atomic mass is 31.2. The van der Waals surface area contributed by atoms with Crippen molar-refractivity contribution < 1.29 is 9.09 Å². The van der Waals surface area contributed by atoms with Crippen LogP contribution in [0.5, 0.6) is 5.75 Å². The maximum Gasteiger partial charge on any atom is 0.351 e. The molecule has 2 aliphatic heterocycles. The van der Waals surface area contributed by atoms with Gasteiger partial charge in [0.2, 0.25) is 0 Å². The van der Waals surface area contributed by atoms with E-state index in [9.17, 15) is 4.57 Å². The molecule has 0 spiro atoms. The summed E-state index contributed by atoms with van der Waals surface area (Å²) in [7, 11) is -3.22. The fourth-order valence-corrected chi connectivity index (χ4v) is 7.97. The highest BCUT2D eigenvalue weighted by Crippen LogP contribution is 2.63. The summed E-state index contributed by atoms with van der Waals surface area (Å²) in [5, 5.41) is 0.830. The third-order valence-corrected chi connectivity index (χ3v) is 8.65. The van der Waals surface area contributed by atoms with Crippen molar-refractivity contribution in [3.05, 3.63) is 48.5 Å². The van der Waals surface area contributed by atoms with Gasteiger partial charge in [-0.1, -0.05) is 36.4 Å². The summed E-state index contributed by atoms with van der Waals surface area (Å²) in [5.74, 6) is 0.724. The van der Waals surface area contributed by atoms with Crippen LogP contribution in [0, 0.1) is 0 Å². The first kappa shape index (κ1) is 16.9. The average molecular weight is 355 g/mol. The van der Waals surface area contributed by atoms with Crippen molar-refractivity contribution in [2.45, 2.75) is 58.0 Å². The van der Waals surface area contributed by atoms with Gasteiger partial charge in [-0.3, -0.25) is 4.57 Å². The largest absolute Gasteiger partial charge is 0.429 e. The van der Waals surface area contributed by atoms with Gasteiger partial charge in [0.05, 0.1) is 5.30 Å². The maximum absolute atomic E-state index is 14.5. The zero-order valence-electron chi connectivity index (χ0n) is 15.5. The molecule has 1 fully saturated rings. The van der Waals surface area contributed by atoms with Crippen molar-refractivity contribution in [1.29, 1.82) is 0 Å². The summed E-state index contributed by atoms with van der Waals surface area (Å²) in [4.78, 5) is 0. The van der Waals surface area contributed by atoms with Crippen molar-refractivity contribution >= 4 is 12.8 Å². The normalized spacial score (nSPS) is 27.0. The third-order valence-electron chi connectivity index (χ3n) is 5.60. The molecule has 132 valence electrons. The lowest BCUT2D eigenvalue weighted by molar-refractivity contribution is 0.0457. The zero-order valence-corrected chi connectivity index (χ0v) is 16.3. The molecule has 0 N–H and O–H groups in total. The average Bonchev–Trinajstić information content (AvgIpc) is 2.53. The number of hydrogen-bond donors (Lipinski definition) is 0. The third kappa shape index (κ3) is 2.48. The van der Waals surface area contributed by atoms with Gasteiger partial charge in [-0.15, -0.1) is 0 Å². The zero-order chi connectivity index (χ0) is 17.9. The number of para-hydroxylation sites is 1. The number of benzene rings is 2. The quantitative estimate of drug-likeness (QED) is 0.623. The van der Waals surface area contributed by atoms with E-state index in [0.29, 0.717) is 0 Å². The molecule has 0 aromatic heterocycles. The molecule has 1 atom stereocenters. The molecule has 0 aliphatic carbocycles. The van der Waals surface area contributed by atoms with Crippen LogP contribution in [-0.2, 0) is 4.57 Å². The van der Waals surface area contributed by atoms with E-state index in [1.165, 1.54) is 0 Å². The molecule has 0 saturated carbocycles. The molecule has 2 aliphatic rings. The van der Waals surface area contributed by atoms with Gasteiger partial charge in [-0.2, -0.15) is 0 Å². The number of rotatable bonds is 1. The van der Waals surface area contributed by atoms with E-state index in [2.05, 4.69) is 38.4 Å². The number of fused-ring (bicyclic) bond motifs is 3. The molecule has 25 heavy (non-hydrogen) atoms. The van der Waals surface area contributed by atoms with Crippen LogP contribution in [0.15, 0.2) is 48.5 Å². The van der Waals surface area contributed by atoms with Gasteiger partial charge in [0.15, 0.2) is 0 Å². The lowest BCUT2D eigenvalue weighted by Crippen LogP contribution is -2.58. The van der Waals surface area contributed by atoms with Crippen LogP contribution in [-0.4, -0.2) is 15.7 Å². The Morgan fingerprint density at radius 1 is 0.880 bits per heavy atom. The second kappa shape index (κ2) is 5.46. The Hall–Kier alpha value is -1.57. The van der Waals surface area contributed by atoms with E-state index in [4.69, 9.17) is 4.52 Å². The Balaban J connectivity index is 1.97. The molecule has 4 heteroatoms. The summed E-state index contributed by atoms with van der Waals surface area (Å²) in [6, 6.07) is 15.9. The molecule has 2 aromatic rings. The number of piperidine rings is 1. The molecule has 1 unspecified atom stereocenters. The van der Waals surface area contributed by atoms with E-state index in [1.807, 2.05) is 42.5 Å². The second-order valence-corrected chi connectivity index (χ2v) is 10.5. The van der Waals surface area contributed by atoms with E-state index in [1.54, 1.807) is 0 Å². The predicted molar refractivity (Wildman–Crippen MR) is 104 cm³/mol. The summed E-state index contributed by atoms with van der Waals surface area (Å²) in [5.41, 5.74) is 1.69. The molecule has 0 radical (unpaired) electrons. The molecule has 2 heterocycles. The first-order valence-corrected chi connectivity index (χ1v) is 10.6. The molecular formula is C21H26NO2P. The van der Waals surface area contributed by atoms with E-state index < -0.39 is 7.52 Å². The molecular weight excluding hydrogens is 329 g/mol. The number of hydrogen-bond acceptors (Lipinski definition) is 2. The first-order valence-electron chi connectivity index (χ1n) is 9.05. The van der Waals surface area contributed by atoms with Crippen molar-refractivity contribution in [2.24, 2.45) is 0 Å². The smallest absolute Gasteiger partial charge is 0.351 e. The molecule has 0 amide bonds. The standard InChI is InChI=1S/C21H26NO2P/c1-20(2)14-9-15-21(3,4)22(20)25(23)19-13-8-6-11-17(19)16-10-5-7-12-18(16)24-25/h5-8,10-13H,9,14-15H2,1-4H3. The van der Waals surface area contributed by atoms with Crippen LogP contribution < -0.4 is 9.83 Å². The monoisotopic (exact) mass is 355 g/mol. The van der Waals surface area contributed by atoms with Gasteiger partial charge in [0.25, 0.3) is 0 Å². The Morgan fingerprint density at radius 3 is 2.12 bits per heavy atom. The topological polar surface area (TPSA) is 29.5 Å². The summed E-state index contributed by atoms with van der Waals surface area (Å²) in [6.45, 7) is 8.78. The fourth-order valence-electron chi connectivity index (χ4n) is 4.75. The van der Waals surface area contributed by atoms with Crippen LogP contribution in [0.3, 0.4) is 0 Å². The lowest BCUT2D eigenvalue weighted by atomic mass is 9.83. The highest BCUT2D eigenvalue weighted by Gasteiger charge is 2.55. The minimum Gasteiger partial charge on any atom is -0.429 e. The van der Waals surface area contributed by atoms with Crippen molar-refractivity contribution in [3.8, 4) is 16.9 Å². The Labute approximate surface area is 150 Å². The fraction of sp³-hybridized carbons (Fsp3) is 0.429. The van der Waals surface area contributed by atoms with Crippen LogP contribution in [0.2, 0.25) is 0 Å². The Bertz CT molecular complexity index is 856. The minimum absolute atomic E-state index is 0.184. The number of nitrogens with zero attached hydrogens (tertiary/aromatic N) is 1. The summed E-state index contributed by atoms with van der Waals surface area (Å²) in [6.07, 6.45) is 3.19. The van der Waals surface area contributed by atoms with E-state index >= 15 is 0 Å². The lowest BCUT2D eigenvalue weighted by Gasteiger charge is -2.55. The molecule has 1 saturated heterocycles. The van der Waals surface area contributed by atoms with Gasteiger partial charge >= 0.3 is 7.52 Å². The van der Waals surface area contributed by atoms with Gasteiger partial charge in [0.1, 0.15) is 5.75 Å². The molecule has 4 rings (SSSR count). The predicted octanol–water partition coefficient (Wildman–Crippen LogP) is 5.61. The summed E-state index contributed by atoms with van der Waals surface area (Å²) < 4.78 is 23.0. The van der Waals surface area contributed by atoms with Crippen molar-refractivity contribution in [1.82, 2.24) is 4.67 Å². The van der Waals surface area contributed by atoms with E-state index in [-0.39, 0.29) is 11.1 Å². The van der Waals surface area contributed by atoms with E-state index in [0.717, 1.165) is 41.4 Å². The van der Waals surface area contributed by atoms with Crippen LogP contribution in [0.4, 0.5) is 0 Å². The SMILES string of the molecule is CC1(C)CCCC(C)(C)N1P1(=O)Oc2ccccc2-c2ccccc21. The van der Waals surface area contributed by atoms with Gasteiger partial charge in [-0.25, -0.2) is 4.67 Å². The Morgan fingerprint density at radius 2 is 1.44 bits per heavy atom. The van der Waals surface area contributed by atoms with Crippen LogP contribution in [0.1, 0.15) is 47.0 Å². The molecule has 0 bridgehead atoms. The Kier molecular flexibility index (Phi) is 3.69. The molecule has 2 aromatic carbocycles. The van der Waals surface area contributed by atoms with Gasteiger partial charge in [-0.05, 0) is 59.1 Å². The van der Waals surface area contributed by atoms with Crippen molar-refractivity contribution in [3.63, 3.8) is 0 Å². The van der Waals surface area contributed by atoms with Gasteiger partial charge in [0, 0.05) is 22.2 Å². The van der Waals surface area contributed by atoms with Crippen LogP contribution >= 0.6 is 7.52 Å². The van der Waals surface area contributed by atoms with Gasteiger partial charge < -0.3 is 4.52 Å². The minimum atomic E-state index is -3.22.